The minimum atomic E-state index is -0.659. The van der Waals surface area contributed by atoms with Crippen LogP contribution in [0.2, 0.25) is 0 Å². The summed E-state index contributed by atoms with van der Waals surface area (Å²) in [5.74, 6) is 0. The highest BCUT2D eigenvalue weighted by molar-refractivity contribution is 5.52. The van der Waals surface area contributed by atoms with Gasteiger partial charge in [-0.15, -0.1) is 0 Å². The van der Waals surface area contributed by atoms with Crippen molar-refractivity contribution in [3.05, 3.63) is 34.4 Å². The van der Waals surface area contributed by atoms with Crippen molar-refractivity contribution in [2.75, 3.05) is 0 Å². The van der Waals surface area contributed by atoms with Crippen LogP contribution in [0.25, 0.3) is 0 Å². The molecule has 1 N–H and O–H groups in total. The largest absolute Gasteiger partial charge is 0.388 e. The van der Waals surface area contributed by atoms with Gasteiger partial charge in [0.2, 0.25) is 0 Å². The quantitative estimate of drug-likeness (QED) is 0.746. The molecule has 0 bridgehead atoms. The van der Waals surface area contributed by atoms with Crippen LogP contribution in [0.15, 0.2) is 12.1 Å². The van der Waals surface area contributed by atoms with Crippen molar-refractivity contribution >= 4 is 6.29 Å². The molecule has 0 radical (unpaired) electrons. The number of aliphatic hydroxyl groups excluding tert-OH is 1. The first kappa shape index (κ1) is 10.9. The lowest BCUT2D eigenvalue weighted by Crippen LogP contribution is -2.03. The Morgan fingerprint density at radius 2 is 1.79 bits per heavy atom. The van der Waals surface area contributed by atoms with Gasteiger partial charge in [-0.3, -0.25) is 0 Å². The Balaban J connectivity index is 3.13. The van der Waals surface area contributed by atoms with E-state index in [0.717, 1.165) is 23.0 Å². The molecule has 0 fully saturated rings. The van der Waals surface area contributed by atoms with E-state index in [-0.39, 0.29) is 6.42 Å². The molecule has 0 aliphatic heterocycles. The van der Waals surface area contributed by atoms with Crippen LogP contribution in [0.3, 0.4) is 0 Å². The molecule has 1 unspecified atom stereocenters. The maximum atomic E-state index is 10.3. The Morgan fingerprint density at radius 1 is 1.29 bits per heavy atom. The van der Waals surface area contributed by atoms with Crippen LogP contribution in [-0.2, 0) is 4.79 Å². The standard InChI is InChI=1S/C12H16O2/c1-8-6-9(2)12(10(3)7-8)11(14)4-5-13/h5-7,11,14H,4H2,1-3H3. The third-order valence-electron chi connectivity index (χ3n) is 2.39. The van der Waals surface area contributed by atoms with E-state index >= 15 is 0 Å². The van der Waals surface area contributed by atoms with E-state index in [0.29, 0.717) is 0 Å². The summed E-state index contributed by atoms with van der Waals surface area (Å²) >= 11 is 0. The van der Waals surface area contributed by atoms with E-state index in [1.54, 1.807) is 0 Å². The lowest BCUT2D eigenvalue weighted by molar-refractivity contribution is -0.109. The van der Waals surface area contributed by atoms with Crippen LogP contribution in [0.1, 0.15) is 34.8 Å². The summed E-state index contributed by atoms with van der Waals surface area (Å²) in [5.41, 5.74) is 4.18. The number of rotatable bonds is 3. The normalized spacial score (nSPS) is 12.6. The van der Waals surface area contributed by atoms with Gasteiger partial charge in [-0.2, -0.15) is 0 Å². The number of hydrogen-bond acceptors (Lipinski definition) is 2. The van der Waals surface area contributed by atoms with Gasteiger partial charge in [-0.25, -0.2) is 0 Å². The van der Waals surface area contributed by atoms with Crippen molar-refractivity contribution in [2.45, 2.75) is 33.3 Å². The second kappa shape index (κ2) is 4.38. The summed E-state index contributed by atoms with van der Waals surface area (Å²) in [6.07, 6.45) is 0.266. The van der Waals surface area contributed by atoms with Crippen LogP contribution in [0, 0.1) is 20.8 Å². The minimum absolute atomic E-state index is 0.171. The fourth-order valence-electron chi connectivity index (χ4n) is 1.93. The lowest BCUT2D eigenvalue weighted by Gasteiger charge is -2.15. The van der Waals surface area contributed by atoms with Crippen molar-refractivity contribution < 1.29 is 9.90 Å². The summed E-state index contributed by atoms with van der Waals surface area (Å²) in [6.45, 7) is 5.95. The molecule has 0 aliphatic rings. The molecule has 2 nitrogen and oxygen atoms in total. The average molecular weight is 192 g/mol. The number of aryl methyl sites for hydroxylation is 3. The first-order valence-electron chi connectivity index (χ1n) is 4.75. The molecule has 0 amide bonds. The number of benzene rings is 1. The Hall–Kier alpha value is -1.15. The number of carbonyl (C=O) groups is 1. The molecule has 76 valence electrons. The third-order valence-corrected chi connectivity index (χ3v) is 2.39. The van der Waals surface area contributed by atoms with Crippen molar-refractivity contribution in [1.82, 2.24) is 0 Å². The number of aliphatic hydroxyl groups is 1. The second-order valence-corrected chi connectivity index (χ2v) is 3.73. The summed E-state index contributed by atoms with van der Waals surface area (Å²) in [6, 6.07) is 4.05. The molecule has 1 atom stereocenters. The van der Waals surface area contributed by atoms with Crippen molar-refractivity contribution in [3.8, 4) is 0 Å². The summed E-state index contributed by atoms with van der Waals surface area (Å²) in [4.78, 5) is 10.3. The summed E-state index contributed by atoms with van der Waals surface area (Å²) in [5, 5.41) is 9.74. The average Bonchev–Trinajstić information content (AvgIpc) is 2.01. The molecule has 0 aliphatic carbocycles. The van der Waals surface area contributed by atoms with Gasteiger partial charge in [0.25, 0.3) is 0 Å². The first-order valence-corrected chi connectivity index (χ1v) is 4.75. The second-order valence-electron chi connectivity index (χ2n) is 3.73. The van der Waals surface area contributed by atoms with E-state index in [1.807, 2.05) is 32.9 Å². The van der Waals surface area contributed by atoms with Gasteiger partial charge in [0.15, 0.2) is 0 Å². The van der Waals surface area contributed by atoms with Crippen molar-refractivity contribution in [1.29, 1.82) is 0 Å². The highest BCUT2D eigenvalue weighted by atomic mass is 16.3. The molecule has 0 spiro atoms. The molecule has 1 aromatic carbocycles. The number of carbonyl (C=O) groups excluding carboxylic acids is 1. The van der Waals surface area contributed by atoms with Crippen molar-refractivity contribution in [3.63, 3.8) is 0 Å². The lowest BCUT2D eigenvalue weighted by atomic mass is 9.94. The first-order chi connectivity index (χ1) is 6.56. The molecule has 2 heteroatoms. The predicted octanol–water partition coefficient (Wildman–Crippen LogP) is 2.23. The van der Waals surface area contributed by atoms with Gasteiger partial charge in [0.1, 0.15) is 6.29 Å². The maximum absolute atomic E-state index is 10.3. The molecule has 0 saturated carbocycles. The van der Waals surface area contributed by atoms with Gasteiger partial charge in [-0.1, -0.05) is 17.7 Å². The van der Waals surface area contributed by atoms with Crippen LogP contribution in [0.4, 0.5) is 0 Å². The number of hydrogen-bond donors (Lipinski definition) is 1. The zero-order valence-electron chi connectivity index (χ0n) is 8.87. The van der Waals surface area contributed by atoms with E-state index in [1.165, 1.54) is 5.56 Å². The Labute approximate surface area is 84.6 Å². The van der Waals surface area contributed by atoms with Gasteiger partial charge in [-0.05, 0) is 37.5 Å². The summed E-state index contributed by atoms with van der Waals surface area (Å²) < 4.78 is 0. The third kappa shape index (κ3) is 2.20. The van der Waals surface area contributed by atoms with Gasteiger partial charge >= 0.3 is 0 Å². The van der Waals surface area contributed by atoms with E-state index in [9.17, 15) is 9.90 Å². The van der Waals surface area contributed by atoms with Crippen LogP contribution in [-0.4, -0.2) is 11.4 Å². The monoisotopic (exact) mass is 192 g/mol. The summed E-state index contributed by atoms with van der Waals surface area (Å²) in [7, 11) is 0. The Morgan fingerprint density at radius 3 is 2.21 bits per heavy atom. The SMILES string of the molecule is Cc1cc(C)c(C(O)CC=O)c(C)c1. The molecule has 0 saturated heterocycles. The molecule has 14 heavy (non-hydrogen) atoms. The fourth-order valence-corrected chi connectivity index (χ4v) is 1.93. The van der Waals surface area contributed by atoms with Crippen LogP contribution >= 0.6 is 0 Å². The topological polar surface area (TPSA) is 37.3 Å². The van der Waals surface area contributed by atoms with E-state index < -0.39 is 6.10 Å². The maximum Gasteiger partial charge on any atom is 0.122 e. The molecule has 0 aromatic heterocycles. The Kier molecular flexibility index (Phi) is 3.42. The highest BCUT2D eigenvalue weighted by Gasteiger charge is 2.12. The van der Waals surface area contributed by atoms with Crippen LogP contribution < -0.4 is 0 Å². The smallest absolute Gasteiger partial charge is 0.122 e. The van der Waals surface area contributed by atoms with Gasteiger partial charge in [0.05, 0.1) is 6.10 Å². The van der Waals surface area contributed by atoms with Gasteiger partial charge < -0.3 is 9.90 Å². The van der Waals surface area contributed by atoms with Crippen molar-refractivity contribution in [2.24, 2.45) is 0 Å². The van der Waals surface area contributed by atoms with Gasteiger partial charge in [0, 0.05) is 6.42 Å². The van der Waals surface area contributed by atoms with E-state index in [4.69, 9.17) is 0 Å². The molecule has 1 aromatic rings. The Bertz CT molecular complexity index is 319. The minimum Gasteiger partial charge on any atom is -0.388 e. The predicted molar refractivity (Wildman–Crippen MR) is 56.3 cm³/mol. The van der Waals surface area contributed by atoms with E-state index in [2.05, 4.69) is 0 Å². The molecule has 1 rings (SSSR count). The zero-order valence-corrected chi connectivity index (χ0v) is 8.87. The molecule has 0 heterocycles. The highest BCUT2D eigenvalue weighted by Crippen LogP contribution is 2.24. The van der Waals surface area contributed by atoms with Crippen LogP contribution in [0.5, 0.6) is 0 Å². The molecular weight excluding hydrogens is 176 g/mol. The zero-order chi connectivity index (χ0) is 10.7. The molecular formula is C12H16O2. The number of aldehydes is 1. The fraction of sp³-hybridized carbons (Fsp3) is 0.417.